The van der Waals surface area contributed by atoms with Crippen molar-refractivity contribution in [1.29, 1.82) is 0 Å². The van der Waals surface area contributed by atoms with Crippen LogP contribution >= 0.6 is 0 Å². The Balaban J connectivity index is 2.53. The van der Waals surface area contributed by atoms with E-state index in [-0.39, 0.29) is 25.9 Å². The first kappa shape index (κ1) is 19.3. The van der Waals surface area contributed by atoms with Gasteiger partial charge < -0.3 is 24.1 Å². The minimum Gasteiger partial charge on any atom is -0.755 e. The summed E-state index contributed by atoms with van der Waals surface area (Å²) in [5.41, 5.74) is -3.36. The molecule has 0 spiro atoms. The molecule has 0 amide bonds. The summed E-state index contributed by atoms with van der Waals surface area (Å²) in [4.78, 5) is 23.2. The molecule has 0 radical (unpaired) electrons. The highest BCUT2D eigenvalue weighted by Gasteiger charge is 2.52. The van der Waals surface area contributed by atoms with Gasteiger partial charge in [-0.15, -0.1) is 0 Å². The predicted octanol–water partition coefficient (Wildman–Crippen LogP) is 0.310. The Morgan fingerprint density at radius 1 is 1.60 bits per heavy atom. The number of hydrogen-bond acceptors (Lipinski definition) is 6. The molecule has 1 saturated carbocycles. The minimum absolute atomic E-state index is 0.00260. The number of carbonyl (C=O) groups excluding carboxylic acids is 1. The van der Waals surface area contributed by atoms with Crippen molar-refractivity contribution in [1.82, 2.24) is 4.57 Å². The van der Waals surface area contributed by atoms with Crippen LogP contribution in [0.3, 0.4) is 0 Å². The molecule has 1 aliphatic rings. The van der Waals surface area contributed by atoms with Gasteiger partial charge in [-0.3, -0.25) is 8.51 Å². The van der Waals surface area contributed by atoms with Crippen LogP contribution in [0.5, 0.6) is 0 Å². The van der Waals surface area contributed by atoms with Crippen LogP contribution in [0.25, 0.3) is 0 Å². The summed E-state index contributed by atoms with van der Waals surface area (Å²) in [5, 5.41) is 19.6. The first-order valence-corrected chi connectivity index (χ1v) is 8.54. The summed E-state index contributed by atoms with van der Waals surface area (Å²) in [6.07, 6.45) is 1.15. The third-order valence-corrected chi connectivity index (χ3v) is 4.98. The SMILES string of the molecule is CCOC(=O)c1c(F)c(N(C2CCCC2(O)C(=O)O)S(=O)[O-])cn1C. The average molecular weight is 377 g/mol. The van der Waals surface area contributed by atoms with Gasteiger partial charge in [0.2, 0.25) is 0 Å². The first-order chi connectivity index (χ1) is 11.6. The predicted molar refractivity (Wildman–Crippen MR) is 83.0 cm³/mol. The van der Waals surface area contributed by atoms with Crippen LogP contribution in [-0.4, -0.2) is 53.7 Å². The van der Waals surface area contributed by atoms with Crippen molar-refractivity contribution in [3.05, 3.63) is 17.7 Å². The number of carboxylic acid groups (broad SMARTS) is 1. The summed E-state index contributed by atoms with van der Waals surface area (Å²) in [6, 6.07) is -1.39. The highest BCUT2D eigenvalue weighted by molar-refractivity contribution is 7.80. The van der Waals surface area contributed by atoms with Gasteiger partial charge in [0.25, 0.3) is 0 Å². The monoisotopic (exact) mass is 377 g/mol. The zero-order valence-corrected chi connectivity index (χ0v) is 14.4. The normalized spacial score (nSPS) is 24.1. The molecule has 2 rings (SSSR count). The van der Waals surface area contributed by atoms with Crippen LogP contribution < -0.4 is 4.31 Å². The number of aromatic nitrogens is 1. The van der Waals surface area contributed by atoms with Crippen LogP contribution in [0.2, 0.25) is 0 Å². The van der Waals surface area contributed by atoms with Gasteiger partial charge in [-0.1, -0.05) is 0 Å². The molecule has 0 bridgehead atoms. The molecular weight excluding hydrogens is 359 g/mol. The third kappa shape index (κ3) is 3.26. The maximum atomic E-state index is 14.7. The number of hydrogen-bond donors (Lipinski definition) is 2. The van der Waals surface area contributed by atoms with Gasteiger partial charge in [-0.25, -0.2) is 14.0 Å². The Morgan fingerprint density at radius 2 is 2.24 bits per heavy atom. The maximum absolute atomic E-state index is 14.7. The second kappa shape index (κ2) is 7.10. The fourth-order valence-corrected chi connectivity index (χ4v) is 3.83. The van der Waals surface area contributed by atoms with Crippen LogP contribution in [-0.2, 0) is 27.8 Å². The number of carboxylic acids is 1. The van der Waals surface area contributed by atoms with Crippen molar-refractivity contribution in [2.45, 2.75) is 37.8 Å². The smallest absolute Gasteiger partial charge is 0.358 e. The Labute approximate surface area is 145 Å². The van der Waals surface area contributed by atoms with Gasteiger partial charge >= 0.3 is 11.9 Å². The standard InChI is InChI=1S/C14H19FN2O7S/c1-3-24-12(18)11-10(15)8(7-16(11)2)17(25(22)23)9-5-4-6-14(9,21)13(19)20/h7,9,21H,3-6H2,1-2H3,(H,19,20)(H,22,23)/p-1. The number of aliphatic carboxylic acids is 1. The maximum Gasteiger partial charge on any atom is 0.358 e. The Hall–Kier alpha value is -1.98. The summed E-state index contributed by atoms with van der Waals surface area (Å²) >= 11 is -3.07. The molecule has 1 aromatic rings. The third-order valence-electron chi connectivity index (χ3n) is 4.21. The van der Waals surface area contributed by atoms with Crippen LogP contribution in [0.1, 0.15) is 36.7 Å². The van der Waals surface area contributed by atoms with Crippen LogP contribution in [0, 0.1) is 5.82 Å². The number of anilines is 1. The van der Waals surface area contributed by atoms with Gasteiger partial charge in [0, 0.05) is 24.5 Å². The number of ether oxygens (including phenoxy) is 1. The van der Waals surface area contributed by atoms with Gasteiger partial charge in [-0.05, 0) is 26.2 Å². The Kier molecular flexibility index (Phi) is 5.49. The van der Waals surface area contributed by atoms with E-state index in [1.165, 1.54) is 14.0 Å². The molecule has 140 valence electrons. The molecule has 1 fully saturated rings. The number of aryl methyl sites for hydroxylation is 1. The molecule has 25 heavy (non-hydrogen) atoms. The highest BCUT2D eigenvalue weighted by atomic mass is 32.2. The molecule has 3 unspecified atom stereocenters. The van der Waals surface area contributed by atoms with Gasteiger partial charge in [0.05, 0.1) is 12.6 Å². The molecular formula is C14H18FN2O7S-. The second-order valence-corrected chi connectivity index (χ2v) is 6.52. The number of halogens is 1. The van der Waals surface area contributed by atoms with Crippen molar-refractivity contribution in [3.8, 4) is 0 Å². The lowest BCUT2D eigenvalue weighted by molar-refractivity contribution is -0.158. The largest absolute Gasteiger partial charge is 0.755 e. The quantitative estimate of drug-likeness (QED) is 0.538. The number of carbonyl (C=O) groups is 2. The van der Waals surface area contributed by atoms with Gasteiger partial charge in [-0.2, -0.15) is 0 Å². The van der Waals surface area contributed by atoms with E-state index in [0.717, 1.165) is 10.8 Å². The molecule has 0 aliphatic heterocycles. The molecule has 1 heterocycles. The van der Waals surface area contributed by atoms with Crippen LogP contribution in [0.4, 0.5) is 10.1 Å². The molecule has 9 nitrogen and oxygen atoms in total. The highest BCUT2D eigenvalue weighted by Crippen LogP contribution is 2.39. The van der Waals surface area contributed by atoms with Crippen molar-refractivity contribution >= 4 is 28.9 Å². The van der Waals surface area contributed by atoms with E-state index in [2.05, 4.69) is 0 Å². The van der Waals surface area contributed by atoms with Gasteiger partial charge in [0.1, 0.15) is 5.69 Å². The summed E-state index contributed by atoms with van der Waals surface area (Å²) in [7, 11) is 1.32. The van der Waals surface area contributed by atoms with Crippen molar-refractivity contribution in [2.75, 3.05) is 10.9 Å². The van der Waals surface area contributed by atoms with Crippen molar-refractivity contribution < 1.29 is 37.7 Å². The Bertz CT molecular complexity index is 722. The fraction of sp³-hybridized carbons (Fsp3) is 0.571. The molecule has 1 aliphatic carbocycles. The molecule has 3 atom stereocenters. The number of aliphatic hydroxyl groups is 1. The summed E-state index contributed by atoms with van der Waals surface area (Å²) < 4.78 is 44.4. The zero-order chi connectivity index (χ0) is 18.9. The molecule has 0 aromatic carbocycles. The lowest BCUT2D eigenvalue weighted by atomic mass is 9.98. The summed E-state index contributed by atoms with van der Waals surface area (Å²) in [5.74, 6) is -3.73. The van der Waals surface area contributed by atoms with E-state index in [4.69, 9.17) is 4.74 Å². The minimum atomic E-state index is -3.07. The molecule has 1 aromatic heterocycles. The average Bonchev–Trinajstić information content (AvgIpc) is 3.02. The van der Waals surface area contributed by atoms with E-state index in [1.807, 2.05) is 0 Å². The fourth-order valence-electron chi connectivity index (χ4n) is 3.05. The Morgan fingerprint density at radius 3 is 2.76 bits per heavy atom. The second-order valence-electron chi connectivity index (χ2n) is 5.69. The van der Waals surface area contributed by atoms with E-state index in [9.17, 15) is 33.0 Å². The van der Waals surface area contributed by atoms with E-state index in [1.54, 1.807) is 0 Å². The van der Waals surface area contributed by atoms with Crippen LogP contribution in [0.15, 0.2) is 6.20 Å². The molecule has 2 N–H and O–H groups in total. The topological polar surface area (TPSA) is 132 Å². The van der Waals surface area contributed by atoms with E-state index in [0.29, 0.717) is 4.31 Å². The molecule has 0 saturated heterocycles. The van der Waals surface area contributed by atoms with E-state index >= 15 is 0 Å². The number of esters is 1. The van der Waals surface area contributed by atoms with Crippen molar-refractivity contribution in [2.24, 2.45) is 7.05 Å². The van der Waals surface area contributed by atoms with Gasteiger partial charge in [0.15, 0.2) is 17.1 Å². The van der Waals surface area contributed by atoms with E-state index < -0.39 is 52.0 Å². The lowest BCUT2D eigenvalue weighted by Crippen LogP contribution is -2.55. The zero-order valence-electron chi connectivity index (χ0n) is 13.6. The number of nitrogens with zero attached hydrogens (tertiary/aromatic N) is 2. The number of rotatable bonds is 6. The lowest BCUT2D eigenvalue weighted by Gasteiger charge is -2.37. The molecule has 11 heteroatoms. The summed E-state index contributed by atoms with van der Waals surface area (Å²) in [6.45, 7) is 1.53. The first-order valence-electron chi connectivity index (χ1n) is 7.51. The van der Waals surface area contributed by atoms with Crippen molar-refractivity contribution in [3.63, 3.8) is 0 Å².